The summed E-state index contributed by atoms with van der Waals surface area (Å²) >= 11 is 0. The summed E-state index contributed by atoms with van der Waals surface area (Å²) in [6.07, 6.45) is 1.65. The summed E-state index contributed by atoms with van der Waals surface area (Å²) in [6.45, 7) is 4.88. The molecule has 1 saturated heterocycles. The van der Waals surface area contributed by atoms with Gasteiger partial charge in [0.25, 0.3) is 0 Å². The average Bonchev–Trinajstić information content (AvgIpc) is 3.36. The fourth-order valence-electron chi connectivity index (χ4n) is 3.38. The van der Waals surface area contributed by atoms with Gasteiger partial charge in [-0.15, -0.1) is 0 Å². The molecule has 2 amide bonds. The molecule has 1 aliphatic rings. The van der Waals surface area contributed by atoms with Crippen LogP contribution >= 0.6 is 0 Å². The second kappa shape index (κ2) is 8.79. The Morgan fingerprint density at radius 2 is 1.90 bits per heavy atom. The molecule has 2 aromatic rings. The maximum absolute atomic E-state index is 12.6. The number of anilines is 1. The van der Waals surface area contributed by atoms with Gasteiger partial charge in [0.05, 0.1) is 23.6 Å². The van der Waals surface area contributed by atoms with Crippen molar-refractivity contribution in [1.29, 1.82) is 0 Å². The lowest BCUT2D eigenvalue weighted by molar-refractivity contribution is -0.126. The maximum Gasteiger partial charge on any atom is 0.243 e. The molecule has 2 heterocycles. The van der Waals surface area contributed by atoms with Crippen LogP contribution in [0.3, 0.4) is 0 Å². The van der Waals surface area contributed by atoms with Crippen molar-refractivity contribution in [3.8, 4) is 0 Å². The minimum Gasteiger partial charge on any atom is -0.467 e. The van der Waals surface area contributed by atoms with Crippen molar-refractivity contribution in [2.45, 2.75) is 31.7 Å². The Kier molecular flexibility index (Phi) is 6.39. The van der Waals surface area contributed by atoms with Crippen LogP contribution in [0.1, 0.15) is 26.0 Å². The molecule has 1 atom stereocenters. The van der Waals surface area contributed by atoms with E-state index in [-0.39, 0.29) is 36.2 Å². The number of furan rings is 1. The Labute approximate surface area is 170 Å². The molecule has 8 nitrogen and oxygen atoms in total. The minimum atomic E-state index is -3.55. The number of hydrogen-bond acceptors (Lipinski definition) is 5. The monoisotopic (exact) mass is 419 g/mol. The molecular weight excluding hydrogens is 394 g/mol. The van der Waals surface area contributed by atoms with Gasteiger partial charge in [0.2, 0.25) is 21.8 Å². The van der Waals surface area contributed by atoms with Crippen molar-refractivity contribution in [2.75, 3.05) is 24.5 Å². The van der Waals surface area contributed by atoms with Crippen LogP contribution in [0.4, 0.5) is 5.69 Å². The smallest absolute Gasteiger partial charge is 0.243 e. The number of carbonyl (C=O) groups is 2. The molecule has 156 valence electrons. The average molecular weight is 420 g/mol. The molecule has 1 aliphatic heterocycles. The van der Waals surface area contributed by atoms with E-state index in [1.807, 2.05) is 0 Å². The molecule has 1 fully saturated rings. The number of hydrogen-bond donors (Lipinski definition) is 1. The molecule has 1 unspecified atom stereocenters. The van der Waals surface area contributed by atoms with Crippen molar-refractivity contribution in [3.05, 3.63) is 48.4 Å². The Morgan fingerprint density at radius 1 is 1.21 bits per heavy atom. The Balaban J connectivity index is 1.66. The summed E-state index contributed by atoms with van der Waals surface area (Å²) in [7, 11) is -3.55. The van der Waals surface area contributed by atoms with Crippen molar-refractivity contribution in [2.24, 2.45) is 5.92 Å². The number of carbonyl (C=O) groups excluding carboxylic acids is 2. The number of rotatable bonds is 8. The van der Waals surface area contributed by atoms with Crippen LogP contribution in [-0.2, 0) is 26.2 Å². The highest BCUT2D eigenvalue weighted by Crippen LogP contribution is 2.27. The van der Waals surface area contributed by atoms with Gasteiger partial charge in [0, 0.05) is 31.7 Å². The third-order valence-corrected chi connectivity index (χ3v) is 7.07. The second-order valence-corrected chi connectivity index (χ2v) is 8.72. The second-order valence-electron chi connectivity index (χ2n) is 6.79. The summed E-state index contributed by atoms with van der Waals surface area (Å²) in [6, 6.07) is 9.72. The lowest BCUT2D eigenvalue weighted by atomic mass is 10.1. The molecule has 1 aromatic carbocycles. The van der Waals surface area contributed by atoms with E-state index in [4.69, 9.17) is 4.42 Å². The lowest BCUT2D eigenvalue weighted by Gasteiger charge is -2.20. The Morgan fingerprint density at radius 3 is 2.48 bits per heavy atom. The molecule has 29 heavy (non-hydrogen) atoms. The predicted molar refractivity (Wildman–Crippen MR) is 108 cm³/mol. The first-order chi connectivity index (χ1) is 13.9. The largest absolute Gasteiger partial charge is 0.467 e. The number of nitrogens with zero attached hydrogens (tertiary/aromatic N) is 2. The Hall–Kier alpha value is -2.65. The normalized spacial score (nSPS) is 17.1. The first kappa shape index (κ1) is 21.1. The minimum absolute atomic E-state index is 0.115. The highest BCUT2D eigenvalue weighted by molar-refractivity contribution is 7.89. The van der Waals surface area contributed by atoms with Crippen LogP contribution in [0.25, 0.3) is 0 Å². The van der Waals surface area contributed by atoms with Gasteiger partial charge in [-0.1, -0.05) is 13.8 Å². The zero-order chi connectivity index (χ0) is 21.0. The molecule has 1 aromatic heterocycles. The summed E-state index contributed by atoms with van der Waals surface area (Å²) in [5, 5.41) is 2.78. The molecule has 0 spiro atoms. The topological polar surface area (TPSA) is 99.9 Å². The van der Waals surface area contributed by atoms with Crippen molar-refractivity contribution in [3.63, 3.8) is 0 Å². The fourth-order valence-corrected chi connectivity index (χ4v) is 4.83. The summed E-state index contributed by atoms with van der Waals surface area (Å²) in [5.41, 5.74) is 0.579. The van der Waals surface area contributed by atoms with E-state index in [0.717, 1.165) is 0 Å². The quantitative estimate of drug-likeness (QED) is 0.705. The summed E-state index contributed by atoms with van der Waals surface area (Å²) in [5.74, 6) is -0.193. The van der Waals surface area contributed by atoms with Crippen molar-refractivity contribution in [1.82, 2.24) is 9.62 Å². The zero-order valence-corrected chi connectivity index (χ0v) is 17.3. The molecule has 3 rings (SSSR count). The number of nitrogens with one attached hydrogen (secondary N) is 1. The van der Waals surface area contributed by atoms with Crippen molar-refractivity contribution < 1.29 is 22.4 Å². The number of sulfonamides is 1. The van der Waals surface area contributed by atoms with E-state index in [1.54, 1.807) is 38.1 Å². The van der Waals surface area contributed by atoms with Crippen LogP contribution in [0.2, 0.25) is 0 Å². The van der Waals surface area contributed by atoms with E-state index < -0.39 is 15.9 Å². The SMILES string of the molecule is CCN(CC)S(=O)(=O)c1ccc(N2CC(C(=O)NCc3ccco3)CC2=O)cc1. The lowest BCUT2D eigenvalue weighted by Crippen LogP contribution is -2.32. The van der Waals surface area contributed by atoms with Crippen LogP contribution in [0.5, 0.6) is 0 Å². The molecule has 0 bridgehead atoms. The third kappa shape index (κ3) is 4.51. The maximum atomic E-state index is 12.6. The molecule has 1 N–H and O–H groups in total. The summed E-state index contributed by atoms with van der Waals surface area (Å²) in [4.78, 5) is 26.5. The fraction of sp³-hybridized carbons (Fsp3) is 0.400. The highest BCUT2D eigenvalue weighted by atomic mass is 32.2. The predicted octanol–water partition coefficient (Wildman–Crippen LogP) is 1.98. The molecular formula is C20H25N3O5S. The molecule has 0 saturated carbocycles. The first-order valence-corrected chi connectivity index (χ1v) is 11.0. The van der Waals surface area contributed by atoms with Gasteiger partial charge >= 0.3 is 0 Å². The van der Waals surface area contributed by atoms with Crippen LogP contribution in [-0.4, -0.2) is 44.2 Å². The zero-order valence-electron chi connectivity index (χ0n) is 16.5. The van der Waals surface area contributed by atoms with E-state index in [9.17, 15) is 18.0 Å². The first-order valence-electron chi connectivity index (χ1n) is 9.57. The van der Waals surface area contributed by atoms with Gasteiger partial charge in [-0.3, -0.25) is 9.59 Å². The third-order valence-electron chi connectivity index (χ3n) is 5.00. The van der Waals surface area contributed by atoms with E-state index in [0.29, 0.717) is 24.5 Å². The molecule has 0 radical (unpaired) electrons. The van der Waals surface area contributed by atoms with Gasteiger partial charge in [0.1, 0.15) is 5.76 Å². The summed E-state index contributed by atoms with van der Waals surface area (Å²) < 4.78 is 31.7. The van der Waals surface area contributed by atoms with Crippen LogP contribution < -0.4 is 10.2 Å². The van der Waals surface area contributed by atoms with Gasteiger partial charge in [-0.05, 0) is 36.4 Å². The number of amides is 2. The van der Waals surface area contributed by atoms with Gasteiger partial charge in [-0.25, -0.2) is 8.42 Å². The highest BCUT2D eigenvalue weighted by Gasteiger charge is 2.35. The van der Waals surface area contributed by atoms with E-state index in [1.165, 1.54) is 27.6 Å². The van der Waals surface area contributed by atoms with E-state index >= 15 is 0 Å². The van der Waals surface area contributed by atoms with Gasteiger partial charge in [-0.2, -0.15) is 4.31 Å². The van der Waals surface area contributed by atoms with Crippen LogP contribution in [0, 0.1) is 5.92 Å². The number of benzene rings is 1. The molecule has 9 heteroatoms. The van der Waals surface area contributed by atoms with Gasteiger partial charge in [0.15, 0.2) is 0 Å². The van der Waals surface area contributed by atoms with Gasteiger partial charge < -0.3 is 14.6 Å². The molecule has 0 aliphatic carbocycles. The van der Waals surface area contributed by atoms with Crippen LogP contribution in [0.15, 0.2) is 52.0 Å². The Bertz CT molecular complexity index is 951. The standard InChI is InChI=1S/C20H25N3O5S/c1-3-22(4-2)29(26,27)18-9-7-16(8-10-18)23-14-15(12-19(23)24)20(25)21-13-17-6-5-11-28-17/h5-11,15H,3-4,12-14H2,1-2H3,(H,21,25). The van der Waals surface area contributed by atoms with Crippen molar-refractivity contribution >= 4 is 27.5 Å². The van der Waals surface area contributed by atoms with E-state index in [2.05, 4.69) is 5.32 Å².